The Kier molecular flexibility index (Phi) is 3.51. The molecule has 134 valence electrons. The molecule has 8 nitrogen and oxygen atoms in total. The Morgan fingerprint density at radius 1 is 1.31 bits per heavy atom. The van der Waals surface area contributed by atoms with Crippen molar-refractivity contribution < 1.29 is 4.79 Å². The van der Waals surface area contributed by atoms with Crippen molar-refractivity contribution >= 4 is 11.6 Å². The van der Waals surface area contributed by atoms with Crippen LogP contribution in [0.3, 0.4) is 0 Å². The van der Waals surface area contributed by atoms with Crippen molar-refractivity contribution in [1.82, 2.24) is 34.5 Å². The van der Waals surface area contributed by atoms with Crippen molar-refractivity contribution in [2.24, 2.45) is 0 Å². The summed E-state index contributed by atoms with van der Waals surface area (Å²) in [5, 5.41) is 12.8. The molecule has 1 aliphatic heterocycles. The van der Waals surface area contributed by atoms with Gasteiger partial charge in [-0.05, 0) is 38.7 Å². The molecule has 0 radical (unpaired) electrons. The summed E-state index contributed by atoms with van der Waals surface area (Å²) in [6.07, 6.45) is 9.92. The SMILES string of the molecule is Cc1ccn2ncc(C(=O)N3CCC[C@H]3Cn3cc(C4CC4)nn3)c2n1. The fourth-order valence-corrected chi connectivity index (χ4v) is 3.74. The van der Waals surface area contributed by atoms with Crippen LogP contribution >= 0.6 is 0 Å². The molecule has 3 aromatic rings. The smallest absolute Gasteiger partial charge is 0.259 e. The van der Waals surface area contributed by atoms with Crippen LogP contribution in [0.1, 0.15) is 53.3 Å². The maximum atomic E-state index is 13.1. The van der Waals surface area contributed by atoms with Crippen molar-refractivity contribution in [3.63, 3.8) is 0 Å². The first-order valence-electron chi connectivity index (χ1n) is 9.21. The highest BCUT2D eigenvalue weighted by molar-refractivity contribution is 5.99. The zero-order valence-electron chi connectivity index (χ0n) is 14.7. The van der Waals surface area contributed by atoms with Crippen LogP contribution in [0.25, 0.3) is 5.65 Å². The molecule has 26 heavy (non-hydrogen) atoms. The first kappa shape index (κ1) is 15.5. The van der Waals surface area contributed by atoms with Gasteiger partial charge in [0, 0.05) is 30.6 Å². The summed E-state index contributed by atoms with van der Waals surface area (Å²) in [5.41, 5.74) is 3.15. The topological polar surface area (TPSA) is 81.2 Å². The minimum Gasteiger partial charge on any atom is -0.334 e. The molecule has 5 rings (SSSR count). The number of hydrogen-bond donors (Lipinski definition) is 0. The van der Waals surface area contributed by atoms with Gasteiger partial charge in [0.1, 0.15) is 5.56 Å². The first-order chi connectivity index (χ1) is 12.7. The normalized spacial score (nSPS) is 20.2. The average Bonchev–Trinajstić information content (AvgIpc) is 3.05. The molecule has 0 aromatic carbocycles. The second-order valence-corrected chi connectivity index (χ2v) is 7.33. The zero-order chi connectivity index (χ0) is 17.7. The summed E-state index contributed by atoms with van der Waals surface area (Å²) in [5.74, 6) is 0.598. The standard InChI is InChI=1S/C18H21N7O/c1-12-6-8-25-17(20-12)15(9-19-25)18(26)24-7-2-3-14(24)10-23-11-16(21-22-23)13-4-5-13/h6,8-9,11,13-14H,2-5,7,10H2,1H3/t14-/m0/s1. The molecule has 1 aliphatic carbocycles. The van der Waals surface area contributed by atoms with Gasteiger partial charge >= 0.3 is 0 Å². The number of nitrogens with zero attached hydrogens (tertiary/aromatic N) is 7. The molecule has 1 saturated heterocycles. The molecule has 0 unspecified atom stereocenters. The second-order valence-electron chi connectivity index (χ2n) is 7.33. The van der Waals surface area contributed by atoms with Crippen molar-refractivity contribution in [2.45, 2.75) is 51.1 Å². The maximum absolute atomic E-state index is 13.1. The van der Waals surface area contributed by atoms with Crippen LogP contribution in [0, 0.1) is 6.92 Å². The molecule has 1 atom stereocenters. The van der Waals surface area contributed by atoms with Crippen molar-refractivity contribution in [2.75, 3.05) is 6.54 Å². The van der Waals surface area contributed by atoms with E-state index in [1.165, 1.54) is 12.8 Å². The van der Waals surface area contributed by atoms with Gasteiger partial charge in [-0.25, -0.2) is 9.50 Å². The van der Waals surface area contributed by atoms with Crippen molar-refractivity contribution in [1.29, 1.82) is 0 Å². The van der Waals surface area contributed by atoms with Crippen LogP contribution < -0.4 is 0 Å². The third kappa shape index (κ3) is 2.65. The molecule has 4 heterocycles. The van der Waals surface area contributed by atoms with E-state index in [1.54, 1.807) is 10.7 Å². The van der Waals surface area contributed by atoms with Crippen LogP contribution in [0.15, 0.2) is 24.7 Å². The molecule has 2 aliphatic rings. The lowest BCUT2D eigenvalue weighted by molar-refractivity contribution is 0.0723. The van der Waals surface area contributed by atoms with Crippen LogP contribution in [0.5, 0.6) is 0 Å². The maximum Gasteiger partial charge on any atom is 0.259 e. The molecule has 2 fully saturated rings. The van der Waals surface area contributed by atoms with E-state index in [-0.39, 0.29) is 11.9 Å². The molecule has 0 spiro atoms. The van der Waals surface area contributed by atoms with Gasteiger partial charge in [-0.3, -0.25) is 9.48 Å². The van der Waals surface area contributed by atoms with E-state index in [9.17, 15) is 4.79 Å². The van der Waals surface area contributed by atoms with Gasteiger partial charge in [0.2, 0.25) is 0 Å². The lowest BCUT2D eigenvalue weighted by atomic mass is 10.2. The molecular formula is C18H21N7O. The summed E-state index contributed by atoms with van der Waals surface area (Å²) in [6, 6.07) is 2.02. The highest BCUT2D eigenvalue weighted by Crippen LogP contribution is 2.38. The van der Waals surface area contributed by atoms with Gasteiger partial charge in [-0.15, -0.1) is 5.10 Å². The number of carbonyl (C=O) groups excluding carboxylic acids is 1. The Hall–Kier alpha value is -2.77. The van der Waals surface area contributed by atoms with Gasteiger partial charge in [0.15, 0.2) is 5.65 Å². The first-order valence-corrected chi connectivity index (χ1v) is 9.21. The molecule has 0 N–H and O–H groups in total. The summed E-state index contributed by atoms with van der Waals surface area (Å²) >= 11 is 0. The van der Waals surface area contributed by atoms with Gasteiger partial charge in [-0.2, -0.15) is 5.10 Å². The van der Waals surface area contributed by atoms with Crippen LogP contribution in [-0.2, 0) is 6.54 Å². The minimum absolute atomic E-state index is 0.00290. The van der Waals surface area contributed by atoms with Gasteiger partial charge in [0.25, 0.3) is 5.91 Å². The number of rotatable bonds is 4. The monoisotopic (exact) mass is 351 g/mol. The van der Waals surface area contributed by atoms with Crippen LogP contribution in [-0.4, -0.2) is 53.0 Å². The van der Waals surface area contributed by atoms with Crippen molar-refractivity contribution in [3.05, 3.63) is 41.6 Å². The number of fused-ring (bicyclic) bond motifs is 1. The summed E-state index contributed by atoms with van der Waals surface area (Å²) in [7, 11) is 0. The van der Waals surface area contributed by atoms with Crippen molar-refractivity contribution in [3.8, 4) is 0 Å². The summed E-state index contributed by atoms with van der Waals surface area (Å²) in [4.78, 5) is 19.6. The number of aryl methyl sites for hydroxylation is 1. The molecule has 1 saturated carbocycles. The number of likely N-dealkylation sites (tertiary alicyclic amines) is 1. The van der Waals surface area contributed by atoms with E-state index in [2.05, 4.69) is 20.4 Å². The predicted octanol–water partition coefficient (Wildman–Crippen LogP) is 1.81. The fraction of sp³-hybridized carbons (Fsp3) is 0.500. The van der Waals surface area contributed by atoms with E-state index in [0.29, 0.717) is 23.7 Å². The Morgan fingerprint density at radius 3 is 3.04 bits per heavy atom. The van der Waals surface area contributed by atoms with Gasteiger partial charge in [-0.1, -0.05) is 5.21 Å². The molecule has 3 aromatic heterocycles. The third-order valence-electron chi connectivity index (χ3n) is 5.33. The predicted molar refractivity (Wildman–Crippen MR) is 93.8 cm³/mol. The molecular weight excluding hydrogens is 330 g/mol. The number of carbonyl (C=O) groups is 1. The minimum atomic E-state index is 0.00290. The Bertz CT molecular complexity index is 971. The Balaban J connectivity index is 1.38. The van der Waals surface area contributed by atoms with E-state index in [1.807, 2.05) is 35.0 Å². The quantitative estimate of drug-likeness (QED) is 0.716. The summed E-state index contributed by atoms with van der Waals surface area (Å²) in [6.45, 7) is 3.37. The van der Waals surface area contributed by atoms with E-state index in [0.717, 1.165) is 30.8 Å². The number of amides is 1. The van der Waals surface area contributed by atoms with Gasteiger partial charge < -0.3 is 4.90 Å². The Labute approximate surface area is 150 Å². The molecule has 8 heteroatoms. The van der Waals surface area contributed by atoms with E-state index < -0.39 is 0 Å². The second kappa shape index (κ2) is 5.89. The number of hydrogen-bond acceptors (Lipinski definition) is 5. The largest absolute Gasteiger partial charge is 0.334 e. The van der Waals surface area contributed by atoms with Crippen LogP contribution in [0.4, 0.5) is 0 Å². The summed E-state index contributed by atoms with van der Waals surface area (Å²) < 4.78 is 3.55. The van der Waals surface area contributed by atoms with E-state index >= 15 is 0 Å². The van der Waals surface area contributed by atoms with Gasteiger partial charge in [0.05, 0.1) is 24.5 Å². The lowest BCUT2D eigenvalue weighted by Gasteiger charge is -2.24. The highest BCUT2D eigenvalue weighted by Gasteiger charge is 2.32. The fourth-order valence-electron chi connectivity index (χ4n) is 3.74. The van der Waals surface area contributed by atoms with E-state index in [4.69, 9.17) is 0 Å². The van der Waals surface area contributed by atoms with Crippen LogP contribution in [0.2, 0.25) is 0 Å². The number of aromatic nitrogens is 6. The lowest BCUT2D eigenvalue weighted by Crippen LogP contribution is -2.38. The zero-order valence-corrected chi connectivity index (χ0v) is 14.7. The molecule has 0 bridgehead atoms. The average molecular weight is 351 g/mol. The molecule has 1 amide bonds. The highest BCUT2D eigenvalue weighted by atomic mass is 16.2. The third-order valence-corrected chi connectivity index (χ3v) is 5.33. The Morgan fingerprint density at radius 2 is 2.19 bits per heavy atom.